The normalized spacial score (nSPS) is 11.8. The molecule has 0 heterocycles. The molecule has 220 valence electrons. The Balaban J connectivity index is 0.000000369. The number of halogens is 1. The number of carboxylic acid groups (broad SMARTS) is 1. The summed E-state index contributed by atoms with van der Waals surface area (Å²) in [5.74, 6) is -1.67. The van der Waals surface area contributed by atoms with Gasteiger partial charge in [-0.1, -0.05) is 27.7 Å². The number of rotatable bonds is 10. The molecule has 0 amide bonds. The van der Waals surface area contributed by atoms with Gasteiger partial charge in [-0.3, -0.25) is 0 Å². The zero-order valence-corrected chi connectivity index (χ0v) is 30.1. The third-order valence-corrected chi connectivity index (χ3v) is 20.3. The van der Waals surface area contributed by atoms with Crippen molar-refractivity contribution in [3.8, 4) is 5.75 Å². The van der Waals surface area contributed by atoms with Crippen LogP contribution in [0, 0.1) is 0 Å². The Morgan fingerprint density at radius 3 is 1.26 bits per heavy atom. The van der Waals surface area contributed by atoms with E-state index in [4.69, 9.17) is 5.11 Å². The van der Waals surface area contributed by atoms with Gasteiger partial charge < -0.3 is 10.2 Å². The van der Waals surface area contributed by atoms with Crippen LogP contribution in [0.25, 0.3) is 0 Å². The minimum absolute atomic E-state index is 0.209. The molecule has 0 aromatic heterocycles. The molecule has 0 radical (unpaired) electrons. The Bertz CT molecular complexity index is 1290. The molecule has 1 N–H and O–H groups in total. The van der Waals surface area contributed by atoms with Crippen molar-refractivity contribution >= 4 is 41.7 Å². The van der Waals surface area contributed by atoms with Gasteiger partial charge in [0.25, 0.3) is 0 Å². The van der Waals surface area contributed by atoms with E-state index >= 15 is 0 Å². The molecule has 0 atom stereocenters. The summed E-state index contributed by atoms with van der Waals surface area (Å²) in [5, 5.41) is 19.3. The number of hydrogen-bond donors (Lipinski definition) is 1. The van der Waals surface area contributed by atoms with Crippen molar-refractivity contribution in [2.45, 2.75) is 71.1 Å². The molecule has 0 unspecified atom stereocenters. The summed E-state index contributed by atoms with van der Waals surface area (Å²) < 4.78 is 4.73. The third kappa shape index (κ3) is 9.74. The van der Waals surface area contributed by atoms with Crippen LogP contribution in [0.1, 0.15) is 68.6 Å². The standard InChI is InChI=1S/3C10H13.C7H5BrO3.Sn/c3*1-10(2,3)9-7-5-4-6-8-9;8-4-1-2-6(9)5(3-4)7(10)11;/h3*4-8H,1H2,2-3H3;1-3,9H,(H,10,11);/q;;;;+1/p-1. The van der Waals surface area contributed by atoms with Gasteiger partial charge in [-0.15, -0.1) is 0 Å². The number of carbonyl (C=O) groups is 1. The molecular formula is C37H43BrO3Sn. The molecule has 4 rings (SSSR count). The van der Waals surface area contributed by atoms with Crippen molar-refractivity contribution in [1.82, 2.24) is 0 Å². The minimum atomic E-state index is -1.84. The van der Waals surface area contributed by atoms with E-state index in [1.54, 1.807) is 0 Å². The Morgan fingerprint density at radius 1 is 0.643 bits per heavy atom. The summed E-state index contributed by atoms with van der Waals surface area (Å²) in [6.07, 6.45) is 0. The number of hydrogen-bond acceptors (Lipinski definition) is 2. The molecule has 5 heteroatoms. The van der Waals surface area contributed by atoms with Gasteiger partial charge in [-0.25, -0.2) is 4.79 Å². The fourth-order valence-corrected chi connectivity index (χ4v) is 19.6. The molecule has 0 bridgehead atoms. The zero-order valence-electron chi connectivity index (χ0n) is 25.7. The van der Waals surface area contributed by atoms with Crippen molar-refractivity contribution in [3.63, 3.8) is 0 Å². The Morgan fingerprint density at radius 2 is 0.976 bits per heavy atom. The van der Waals surface area contributed by atoms with Crippen molar-refractivity contribution in [2.24, 2.45) is 0 Å². The maximum atomic E-state index is 10.8. The van der Waals surface area contributed by atoms with Crippen LogP contribution in [-0.4, -0.2) is 30.8 Å². The van der Waals surface area contributed by atoms with Crippen LogP contribution in [0.3, 0.4) is 0 Å². The molecular weight excluding hydrogens is 691 g/mol. The summed E-state index contributed by atoms with van der Waals surface area (Å²) in [6.45, 7) is 14.8. The topological polar surface area (TPSA) is 60.4 Å². The van der Waals surface area contributed by atoms with Gasteiger partial charge in [-0.2, -0.15) is 0 Å². The summed E-state index contributed by atoms with van der Waals surface area (Å²) in [5.41, 5.74) is 4.95. The fourth-order valence-electron chi connectivity index (χ4n) is 5.71. The molecule has 4 aromatic carbocycles. The van der Waals surface area contributed by atoms with E-state index in [1.807, 2.05) is 0 Å². The molecule has 0 spiro atoms. The van der Waals surface area contributed by atoms with Crippen LogP contribution in [0.4, 0.5) is 0 Å². The van der Waals surface area contributed by atoms with Gasteiger partial charge in [0.1, 0.15) is 0 Å². The summed E-state index contributed by atoms with van der Waals surface area (Å²) in [4.78, 5) is 10.4. The Kier molecular flexibility index (Phi) is 11.9. The van der Waals surface area contributed by atoms with Crippen molar-refractivity contribution in [1.29, 1.82) is 0 Å². The maximum Gasteiger partial charge on any atom is 0.335 e. The van der Waals surface area contributed by atoms with Gasteiger partial charge in [0.2, 0.25) is 0 Å². The first-order chi connectivity index (χ1) is 19.7. The monoisotopic (exact) mass is 734 g/mol. The zero-order chi connectivity index (χ0) is 31.0. The molecule has 4 aromatic rings. The summed E-state index contributed by atoms with van der Waals surface area (Å²) in [6, 6.07) is 37.5. The second kappa shape index (κ2) is 14.7. The van der Waals surface area contributed by atoms with Gasteiger partial charge in [0, 0.05) is 4.47 Å². The van der Waals surface area contributed by atoms with Crippen LogP contribution in [0.2, 0.25) is 13.3 Å². The summed E-state index contributed by atoms with van der Waals surface area (Å²) in [7, 11) is 0. The van der Waals surface area contributed by atoms with Crippen LogP contribution in [0.15, 0.2) is 114 Å². The van der Waals surface area contributed by atoms with Crippen LogP contribution < -0.4 is 5.11 Å². The van der Waals surface area contributed by atoms with Gasteiger partial charge in [0.05, 0.1) is 5.56 Å². The Labute approximate surface area is 267 Å². The molecule has 0 saturated heterocycles. The quantitative estimate of drug-likeness (QED) is 0.165. The van der Waals surface area contributed by atoms with Crippen LogP contribution in [-0.2, 0) is 16.2 Å². The SMILES string of the molecule is CC(C)([CH2][Sn+]([CH2]C(C)(C)c1ccccc1)[CH2]C(C)(C)c1ccccc1)c1ccccc1.O=C(O)c1cc(Br)ccc1[O-]. The Hall–Kier alpha value is -2.57. The predicted octanol–water partition coefficient (Wildman–Crippen LogP) is 9.64. The van der Waals surface area contributed by atoms with Crippen LogP contribution >= 0.6 is 15.9 Å². The first kappa shape index (κ1) is 33.9. The molecule has 0 aliphatic carbocycles. The number of carboxylic acids is 1. The average molecular weight is 734 g/mol. The van der Waals surface area contributed by atoms with E-state index < -0.39 is 31.5 Å². The smallest absolute Gasteiger partial charge is 0.335 e. The number of benzene rings is 4. The van der Waals surface area contributed by atoms with Gasteiger partial charge >= 0.3 is 205 Å². The van der Waals surface area contributed by atoms with E-state index in [2.05, 4.69) is 148 Å². The minimum Gasteiger partial charge on any atom is -0.872 e. The van der Waals surface area contributed by atoms with Crippen LogP contribution in [0.5, 0.6) is 5.75 Å². The second-order valence-corrected chi connectivity index (χ2v) is 21.2. The van der Waals surface area contributed by atoms with E-state index in [0.717, 1.165) is 0 Å². The van der Waals surface area contributed by atoms with Crippen molar-refractivity contribution < 1.29 is 15.0 Å². The number of aromatic carboxylic acids is 1. The fraction of sp³-hybridized carbons (Fsp3) is 0.324. The van der Waals surface area contributed by atoms with E-state index in [0.29, 0.717) is 4.47 Å². The maximum absolute atomic E-state index is 10.8. The first-order valence-corrected chi connectivity index (χ1v) is 21.3. The molecule has 0 fully saturated rings. The molecule has 0 aliphatic rings. The third-order valence-electron chi connectivity index (χ3n) is 7.91. The molecule has 0 aliphatic heterocycles. The van der Waals surface area contributed by atoms with E-state index in [-0.39, 0.29) is 21.8 Å². The summed E-state index contributed by atoms with van der Waals surface area (Å²) >= 11 is 1.22. The van der Waals surface area contributed by atoms with E-state index in [1.165, 1.54) is 48.2 Å². The molecule has 0 saturated carbocycles. The van der Waals surface area contributed by atoms with Gasteiger partial charge in [-0.05, 0) is 12.1 Å². The van der Waals surface area contributed by atoms with Gasteiger partial charge in [0.15, 0.2) is 0 Å². The molecule has 3 nitrogen and oxygen atoms in total. The predicted molar refractivity (Wildman–Crippen MR) is 179 cm³/mol. The molecule has 42 heavy (non-hydrogen) atoms. The largest absolute Gasteiger partial charge is 0.872 e. The van der Waals surface area contributed by atoms with Crippen molar-refractivity contribution in [3.05, 3.63) is 136 Å². The first-order valence-electron chi connectivity index (χ1n) is 14.4. The average Bonchev–Trinajstić information content (AvgIpc) is 2.95. The van der Waals surface area contributed by atoms with Crippen molar-refractivity contribution in [2.75, 3.05) is 0 Å². The van der Waals surface area contributed by atoms with E-state index in [9.17, 15) is 9.90 Å². The second-order valence-electron chi connectivity index (χ2n) is 13.0.